The predicted molar refractivity (Wildman–Crippen MR) is 125 cm³/mol. The van der Waals surface area contributed by atoms with E-state index in [-0.39, 0.29) is 5.91 Å². The molecule has 6 rings (SSSR count). The lowest BCUT2D eigenvalue weighted by atomic mass is 10.0. The number of carbonyl (C=O) groups excluding carboxylic acids is 1. The highest BCUT2D eigenvalue weighted by Crippen LogP contribution is 2.36. The van der Waals surface area contributed by atoms with Gasteiger partial charge in [-0.25, -0.2) is 15.0 Å². The maximum Gasteiger partial charge on any atom is 0.254 e. The Bertz CT molecular complexity index is 1280. The van der Waals surface area contributed by atoms with E-state index in [2.05, 4.69) is 32.4 Å². The van der Waals surface area contributed by atoms with E-state index in [9.17, 15) is 4.79 Å². The second-order valence-corrected chi connectivity index (χ2v) is 8.72. The number of nitrogens with one attached hydrogen (secondary N) is 2. The summed E-state index contributed by atoms with van der Waals surface area (Å²) in [6.07, 6.45) is 4.69. The summed E-state index contributed by atoms with van der Waals surface area (Å²) in [6, 6.07) is 5.78. The van der Waals surface area contributed by atoms with Crippen molar-refractivity contribution < 1.29 is 9.53 Å². The van der Waals surface area contributed by atoms with Gasteiger partial charge in [0.05, 0.1) is 24.1 Å². The Morgan fingerprint density at radius 1 is 1.15 bits per heavy atom. The zero-order valence-electron chi connectivity index (χ0n) is 18.7. The molecule has 3 aliphatic rings. The molecule has 0 aliphatic carbocycles. The first-order valence-electron chi connectivity index (χ1n) is 11.2. The molecule has 0 fully saturated rings. The minimum absolute atomic E-state index is 0.0652. The van der Waals surface area contributed by atoms with Crippen LogP contribution in [-0.4, -0.2) is 52.5 Å². The molecule has 0 spiro atoms. The number of anilines is 4. The van der Waals surface area contributed by atoms with Crippen molar-refractivity contribution in [3.05, 3.63) is 58.5 Å². The SMILES string of the molecule is Cc1c(N2CCc3cnc(Nc4ccc5c(c4)CN(C)C5=O)nc3C2)cnc2c1NCCO2. The number of hydrogen-bond donors (Lipinski definition) is 2. The number of benzene rings is 1. The van der Waals surface area contributed by atoms with E-state index in [0.717, 1.165) is 59.0 Å². The molecular formula is C24H25N7O2. The van der Waals surface area contributed by atoms with Gasteiger partial charge in [-0.05, 0) is 42.7 Å². The van der Waals surface area contributed by atoms with Crippen LogP contribution in [0.5, 0.6) is 5.88 Å². The number of nitrogens with zero attached hydrogens (tertiary/aromatic N) is 5. The molecule has 9 heteroatoms. The van der Waals surface area contributed by atoms with Gasteiger partial charge in [-0.2, -0.15) is 0 Å². The van der Waals surface area contributed by atoms with Crippen LogP contribution >= 0.6 is 0 Å². The number of hydrogen-bond acceptors (Lipinski definition) is 8. The molecule has 0 saturated carbocycles. The van der Waals surface area contributed by atoms with Crippen LogP contribution in [0.1, 0.15) is 32.7 Å². The van der Waals surface area contributed by atoms with Crippen molar-refractivity contribution in [2.24, 2.45) is 0 Å². The first kappa shape index (κ1) is 19.8. The first-order valence-corrected chi connectivity index (χ1v) is 11.2. The van der Waals surface area contributed by atoms with Crippen LogP contribution in [0.4, 0.5) is 23.0 Å². The zero-order valence-corrected chi connectivity index (χ0v) is 18.7. The molecule has 3 aromatic rings. The number of pyridine rings is 1. The zero-order chi connectivity index (χ0) is 22.5. The van der Waals surface area contributed by atoms with E-state index in [1.165, 1.54) is 5.56 Å². The summed E-state index contributed by atoms with van der Waals surface area (Å²) in [5.41, 5.74) is 8.06. The summed E-state index contributed by atoms with van der Waals surface area (Å²) < 4.78 is 5.67. The number of fused-ring (bicyclic) bond motifs is 3. The van der Waals surface area contributed by atoms with Gasteiger partial charge in [0.15, 0.2) is 0 Å². The molecule has 33 heavy (non-hydrogen) atoms. The Balaban J connectivity index is 1.24. The van der Waals surface area contributed by atoms with E-state index in [1.807, 2.05) is 37.6 Å². The molecule has 0 radical (unpaired) electrons. The predicted octanol–water partition coefficient (Wildman–Crippen LogP) is 2.88. The number of ether oxygens (including phenoxy) is 1. The normalized spacial score (nSPS) is 16.5. The van der Waals surface area contributed by atoms with E-state index < -0.39 is 0 Å². The van der Waals surface area contributed by atoms with Crippen LogP contribution < -0.4 is 20.3 Å². The Kier molecular flexibility index (Phi) is 4.56. The van der Waals surface area contributed by atoms with Crippen LogP contribution in [-0.2, 0) is 19.5 Å². The molecule has 1 amide bonds. The number of aromatic nitrogens is 3. The molecular weight excluding hydrogens is 418 g/mol. The van der Waals surface area contributed by atoms with Gasteiger partial charge in [-0.15, -0.1) is 0 Å². The maximum absolute atomic E-state index is 12.1. The van der Waals surface area contributed by atoms with Gasteiger partial charge in [0.25, 0.3) is 5.91 Å². The molecule has 2 N–H and O–H groups in total. The summed E-state index contributed by atoms with van der Waals surface area (Å²) in [5.74, 6) is 1.30. The second kappa shape index (κ2) is 7.61. The van der Waals surface area contributed by atoms with E-state index >= 15 is 0 Å². The number of rotatable bonds is 3. The summed E-state index contributed by atoms with van der Waals surface area (Å²) in [4.78, 5) is 30.0. The van der Waals surface area contributed by atoms with E-state index in [4.69, 9.17) is 9.72 Å². The van der Waals surface area contributed by atoms with Gasteiger partial charge in [-0.1, -0.05) is 0 Å². The van der Waals surface area contributed by atoms with Crippen LogP contribution in [0.15, 0.2) is 30.6 Å². The minimum Gasteiger partial charge on any atom is -0.474 e. The molecule has 5 heterocycles. The molecule has 2 aromatic heterocycles. The molecule has 0 bridgehead atoms. The van der Waals surface area contributed by atoms with Crippen molar-refractivity contribution in [1.29, 1.82) is 0 Å². The lowest BCUT2D eigenvalue weighted by Crippen LogP contribution is -2.32. The van der Waals surface area contributed by atoms with Gasteiger partial charge >= 0.3 is 0 Å². The van der Waals surface area contributed by atoms with Crippen molar-refractivity contribution in [2.75, 3.05) is 42.3 Å². The Hall–Kier alpha value is -3.88. The van der Waals surface area contributed by atoms with Crippen molar-refractivity contribution in [2.45, 2.75) is 26.4 Å². The summed E-state index contributed by atoms with van der Waals surface area (Å²) in [5, 5.41) is 6.73. The largest absolute Gasteiger partial charge is 0.474 e. The monoisotopic (exact) mass is 443 g/mol. The highest BCUT2D eigenvalue weighted by molar-refractivity contribution is 5.98. The lowest BCUT2D eigenvalue weighted by Gasteiger charge is -2.32. The third kappa shape index (κ3) is 3.40. The summed E-state index contributed by atoms with van der Waals surface area (Å²) in [6.45, 7) is 5.74. The fourth-order valence-corrected chi connectivity index (χ4v) is 4.77. The molecule has 0 atom stereocenters. The van der Waals surface area contributed by atoms with Crippen LogP contribution in [0.3, 0.4) is 0 Å². The fourth-order valence-electron chi connectivity index (χ4n) is 4.77. The lowest BCUT2D eigenvalue weighted by molar-refractivity contribution is 0.0816. The minimum atomic E-state index is 0.0652. The highest BCUT2D eigenvalue weighted by atomic mass is 16.5. The van der Waals surface area contributed by atoms with Crippen LogP contribution in [0.2, 0.25) is 0 Å². The molecule has 0 saturated heterocycles. The average Bonchev–Trinajstić information content (AvgIpc) is 3.12. The topological polar surface area (TPSA) is 95.5 Å². The van der Waals surface area contributed by atoms with Crippen molar-refractivity contribution >= 4 is 28.9 Å². The molecule has 3 aliphatic heterocycles. The third-order valence-electron chi connectivity index (χ3n) is 6.55. The second-order valence-electron chi connectivity index (χ2n) is 8.72. The van der Waals surface area contributed by atoms with Crippen LogP contribution in [0.25, 0.3) is 0 Å². The van der Waals surface area contributed by atoms with Crippen molar-refractivity contribution in [1.82, 2.24) is 19.9 Å². The van der Waals surface area contributed by atoms with Crippen LogP contribution in [0, 0.1) is 6.92 Å². The molecule has 1 aromatic carbocycles. The third-order valence-corrected chi connectivity index (χ3v) is 6.55. The van der Waals surface area contributed by atoms with Gasteiger partial charge in [0, 0.05) is 49.7 Å². The van der Waals surface area contributed by atoms with Crippen molar-refractivity contribution in [3.63, 3.8) is 0 Å². The first-order chi connectivity index (χ1) is 16.1. The standard InChI is InChI=1S/C24H25N7O2/c1-14-20(11-26-22-21(14)25-6-8-33-22)31-7-5-15-10-27-24(29-19(15)13-31)28-17-3-4-18-16(9-17)12-30(2)23(18)32/h3-4,9-11,25H,5-8,12-13H2,1-2H3,(H,27,28,29). The Morgan fingerprint density at radius 2 is 2.06 bits per heavy atom. The fraction of sp³-hybridized carbons (Fsp3) is 0.333. The highest BCUT2D eigenvalue weighted by Gasteiger charge is 2.25. The Morgan fingerprint density at radius 3 is 2.97 bits per heavy atom. The molecule has 9 nitrogen and oxygen atoms in total. The van der Waals surface area contributed by atoms with Gasteiger partial charge < -0.3 is 25.2 Å². The van der Waals surface area contributed by atoms with Gasteiger partial charge in [-0.3, -0.25) is 4.79 Å². The molecule has 0 unspecified atom stereocenters. The maximum atomic E-state index is 12.1. The quantitative estimate of drug-likeness (QED) is 0.638. The number of amides is 1. The van der Waals surface area contributed by atoms with Crippen molar-refractivity contribution in [3.8, 4) is 5.88 Å². The van der Waals surface area contributed by atoms with Gasteiger partial charge in [0.2, 0.25) is 11.8 Å². The van der Waals surface area contributed by atoms with Gasteiger partial charge in [0.1, 0.15) is 12.3 Å². The molecule has 168 valence electrons. The summed E-state index contributed by atoms with van der Waals surface area (Å²) in [7, 11) is 1.82. The smallest absolute Gasteiger partial charge is 0.254 e. The Labute approximate surface area is 191 Å². The van der Waals surface area contributed by atoms with E-state index in [0.29, 0.717) is 31.5 Å². The average molecular weight is 444 g/mol. The number of carbonyl (C=O) groups is 1. The summed E-state index contributed by atoms with van der Waals surface area (Å²) >= 11 is 0. The van der Waals surface area contributed by atoms with E-state index in [1.54, 1.807) is 4.90 Å².